The van der Waals surface area contributed by atoms with Crippen LogP contribution >= 0.6 is 27.3 Å². The monoisotopic (exact) mass is 302 g/mol. The summed E-state index contributed by atoms with van der Waals surface area (Å²) < 4.78 is 0. The maximum Gasteiger partial charge on any atom is 0.0795 e. The number of nitrogens with zero attached hydrogens (tertiary/aromatic N) is 2. The van der Waals surface area contributed by atoms with E-state index in [2.05, 4.69) is 38.2 Å². The molecule has 1 aliphatic carbocycles. The summed E-state index contributed by atoms with van der Waals surface area (Å²) in [6, 6.07) is 0. The molecule has 0 aliphatic heterocycles. The average Bonchev–Trinajstić information content (AvgIpc) is 2.90. The quantitative estimate of drug-likeness (QED) is 0.774. The van der Waals surface area contributed by atoms with Crippen molar-refractivity contribution in [2.24, 2.45) is 5.41 Å². The van der Waals surface area contributed by atoms with E-state index >= 15 is 0 Å². The zero-order chi connectivity index (χ0) is 11.4. The van der Waals surface area contributed by atoms with Crippen LogP contribution in [0.3, 0.4) is 0 Å². The van der Waals surface area contributed by atoms with Gasteiger partial charge in [0.15, 0.2) is 0 Å². The number of hydrogen-bond donors (Lipinski definition) is 0. The van der Waals surface area contributed by atoms with Gasteiger partial charge in [-0.2, -0.15) is 0 Å². The summed E-state index contributed by atoms with van der Waals surface area (Å²) in [5, 5.41) is 3.29. The zero-order valence-corrected chi connectivity index (χ0v) is 12.2. The van der Waals surface area contributed by atoms with Gasteiger partial charge in [-0.25, -0.2) is 4.98 Å². The van der Waals surface area contributed by atoms with Gasteiger partial charge in [-0.1, -0.05) is 28.8 Å². The van der Waals surface area contributed by atoms with E-state index in [1.165, 1.54) is 37.9 Å². The summed E-state index contributed by atoms with van der Waals surface area (Å²) in [6.07, 6.45) is 5.55. The Morgan fingerprint density at radius 3 is 2.81 bits per heavy atom. The standard InChI is InChI=1S/C12H19BrN2S/c1-15(6-11-7-16-10-14-11)9-12(8-13)4-2-3-5-12/h7,10H,2-6,8-9H2,1H3. The van der Waals surface area contributed by atoms with Crippen LogP contribution in [0.15, 0.2) is 10.9 Å². The van der Waals surface area contributed by atoms with E-state index in [0.29, 0.717) is 5.41 Å². The van der Waals surface area contributed by atoms with Gasteiger partial charge in [0.25, 0.3) is 0 Å². The van der Waals surface area contributed by atoms with E-state index in [-0.39, 0.29) is 0 Å². The van der Waals surface area contributed by atoms with E-state index in [9.17, 15) is 0 Å². The number of alkyl halides is 1. The number of aromatic nitrogens is 1. The van der Waals surface area contributed by atoms with Crippen LogP contribution in [0.1, 0.15) is 31.4 Å². The summed E-state index contributed by atoms with van der Waals surface area (Å²) >= 11 is 5.38. The molecule has 1 heterocycles. The highest BCUT2D eigenvalue weighted by Gasteiger charge is 2.33. The Morgan fingerprint density at radius 1 is 1.50 bits per heavy atom. The predicted octanol–water partition coefficient (Wildman–Crippen LogP) is 3.53. The van der Waals surface area contributed by atoms with E-state index in [1.54, 1.807) is 11.3 Å². The van der Waals surface area contributed by atoms with Crippen molar-refractivity contribution < 1.29 is 0 Å². The van der Waals surface area contributed by atoms with Crippen LogP contribution in [0.25, 0.3) is 0 Å². The van der Waals surface area contributed by atoms with Crippen LogP contribution in [0, 0.1) is 5.41 Å². The lowest BCUT2D eigenvalue weighted by atomic mass is 9.88. The third kappa shape index (κ3) is 3.05. The van der Waals surface area contributed by atoms with Gasteiger partial charge in [-0.3, -0.25) is 4.90 Å². The Morgan fingerprint density at radius 2 is 2.25 bits per heavy atom. The van der Waals surface area contributed by atoms with Crippen LogP contribution in [-0.2, 0) is 6.54 Å². The fraction of sp³-hybridized carbons (Fsp3) is 0.750. The minimum atomic E-state index is 0.519. The third-order valence-electron chi connectivity index (χ3n) is 3.47. The van der Waals surface area contributed by atoms with Crippen molar-refractivity contribution in [3.05, 3.63) is 16.6 Å². The SMILES string of the molecule is CN(Cc1cscn1)CC1(CBr)CCCC1. The molecule has 0 spiro atoms. The molecule has 2 nitrogen and oxygen atoms in total. The summed E-state index contributed by atoms with van der Waals surface area (Å²) in [5.41, 5.74) is 3.64. The molecule has 1 saturated carbocycles. The Balaban J connectivity index is 1.88. The van der Waals surface area contributed by atoms with Crippen molar-refractivity contribution in [1.82, 2.24) is 9.88 Å². The van der Waals surface area contributed by atoms with Crippen molar-refractivity contribution in [1.29, 1.82) is 0 Å². The highest BCUT2D eigenvalue weighted by atomic mass is 79.9. The summed E-state index contributed by atoms with van der Waals surface area (Å²) in [6.45, 7) is 2.17. The zero-order valence-electron chi connectivity index (χ0n) is 9.79. The summed E-state index contributed by atoms with van der Waals surface area (Å²) in [5.74, 6) is 0. The molecule has 0 radical (unpaired) electrons. The lowest BCUT2D eigenvalue weighted by Crippen LogP contribution is -2.34. The minimum Gasteiger partial charge on any atom is -0.300 e. The number of halogens is 1. The lowest BCUT2D eigenvalue weighted by molar-refractivity contribution is 0.195. The average molecular weight is 303 g/mol. The molecular weight excluding hydrogens is 284 g/mol. The first-order valence-corrected chi connectivity index (χ1v) is 7.92. The fourth-order valence-corrected chi connectivity index (χ4v) is 3.97. The molecule has 0 atom stereocenters. The second kappa shape index (κ2) is 5.61. The van der Waals surface area contributed by atoms with Gasteiger partial charge < -0.3 is 0 Å². The van der Waals surface area contributed by atoms with Crippen LogP contribution in [0.5, 0.6) is 0 Å². The molecule has 0 aromatic carbocycles. The molecule has 0 N–H and O–H groups in total. The number of thiazole rings is 1. The predicted molar refractivity (Wildman–Crippen MR) is 73.1 cm³/mol. The topological polar surface area (TPSA) is 16.1 Å². The van der Waals surface area contributed by atoms with Gasteiger partial charge in [-0.15, -0.1) is 11.3 Å². The highest BCUT2D eigenvalue weighted by Crippen LogP contribution is 2.40. The van der Waals surface area contributed by atoms with Crippen molar-refractivity contribution in [2.45, 2.75) is 32.2 Å². The van der Waals surface area contributed by atoms with Gasteiger partial charge in [0.1, 0.15) is 0 Å². The molecule has 1 fully saturated rings. The first-order chi connectivity index (χ1) is 7.74. The van der Waals surface area contributed by atoms with Crippen molar-refractivity contribution in [3.8, 4) is 0 Å². The summed E-state index contributed by atoms with van der Waals surface area (Å²) in [7, 11) is 2.21. The first-order valence-electron chi connectivity index (χ1n) is 5.86. The molecule has 1 aromatic rings. The van der Waals surface area contributed by atoms with Gasteiger partial charge in [0, 0.05) is 23.8 Å². The summed E-state index contributed by atoms with van der Waals surface area (Å²) in [4.78, 5) is 6.76. The van der Waals surface area contributed by atoms with Crippen LogP contribution in [-0.4, -0.2) is 28.8 Å². The molecule has 0 amide bonds. The van der Waals surface area contributed by atoms with Gasteiger partial charge in [0.05, 0.1) is 11.2 Å². The van der Waals surface area contributed by atoms with Crippen molar-refractivity contribution in [2.75, 3.05) is 18.9 Å². The van der Waals surface area contributed by atoms with E-state index in [0.717, 1.165) is 11.9 Å². The van der Waals surface area contributed by atoms with E-state index < -0.39 is 0 Å². The van der Waals surface area contributed by atoms with E-state index in [4.69, 9.17) is 0 Å². The Hall–Kier alpha value is 0.0700. The largest absolute Gasteiger partial charge is 0.300 e. The maximum absolute atomic E-state index is 4.34. The third-order valence-corrected chi connectivity index (χ3v) is 5.29. The van der Waals surface area contributed by atoms with Crippen LogP contribution < -0.4 is 0 Å². The molecule has 1 aromatic heterocycles. The number of rotatable bonds is 5. The lowest BCUT2D eigenvalue weighted by Gasteiger charge is -2.31. The highest BCUT2D eigenvalue weighted by molar-refractivity contribution is 9.09. The number of hydrogen-bond acceptors (Lipinski definition) is 3. The molecule has 0 unspecified atom stereocenters. The van der Waals surface area contributed by atoms with Gasteiger partial charge in [0.2, 0.25) is 0 Å². The smallest absolute Gasteiger partial charge is 0.0795 e. The van der Waals surface area contributed by atoms with Crippen LogP contribution in [0.4, 0.5) is 0 Å². The second-order valence-electron chi connectivity index (χ2n) is 4.99. The van der Waals surface area contributed by atoms with Gasteiger partial charge >= 0.3 is 0 Å². The minimum absolute atomic E-state index is 0.519. The molecule has 2 rings (SSSR count). The fourth-order valence-electron chi connectivity index (χ4n) is 2.68. The van der Waals surface area contributed by atoms with Crippen molar-refractivity contribution >= 4 is 27.3 Å². The molecule has 4 heteroatoms. The van der Waals surface area contributed by atoms with Gasteiger partial charge in [-0.05, 0) is 25.3 Å². The van der Waals surface area contributed by atoms with E-state index in [1.807, 2.05) is 5.51 Å². The molecule has 1 aliphatic rings. The maximum atomic E-state index is 4.34. The van der Waals surface area contributed by atoms with Crippen LogP contribution in [0.2, 0.25) is 0 Å². The second-order valence-corrected chi connectivity index (χ2v) is 6.27. The normalized spacial score (nSPS) is 19.4. The molecule has 0 bridgehead atoms. The Bertz CT molecular complexity index is 307. The molecular formula is C12H19BrN2S. The molecule has 16 heavy (non-hydrogen) atoms. The Labute approximate surface area is 110 Å². The molecule has 0 saturated heterocycles. The first kappa shape index (κ1) is 12.5. The Kier molecular flexibility index (Phi) is 4.39. The van der Waals surface area contributed by atoms with Crippen molar-refractivity contribution in [3.63, 3.8) is 0 Å². The molecule has 90 valence electrons.